The number of rotatable bonds is 5. The first-order chi connectivity index (χ1) is 7.81. The summed E-state index contributed by atoms with van der Waals surface area (Å²) in [6.07, 6.45) is 0. The Kier molecular flexibility index (Phi) is 4.50. The van der Waals surface area contributed by atoms with Crippen LogP contribution < -0.4 is 10.5 Å². The van der Waals surface area contributed by atoms with Crippen molar-refractivity contribution in [2.24, 2.45) is 0 Å². The standard InChI is InChI=1S/C11H19N3O2S/c1-9-6-10(12)8-11(7-9)17(15,16)13-4-5-14(2)3/h6-8,13H,4-5,12H2,1-3H3. The van der Waals surface area contributed by atoms with Gasteiger partial charge in [-0.15, -0.1) is 0 Å². The number of sulfonamides is 1. The van der Waals surface area contributed by atoms with Crippen molar-refractivity contribution < 1.29 is 8.42 Å². The number of nitrogen functional groups attached to an aromatic ring is 1. The fourth-order valence-corrected chi connectivity index (χ4v) is 2.58. The van der Waals surface area contributed by atoms with Crippen molar-refractivity contribution in [3.05, 3.63) is 23.8 Å². The van der Waals surface area contributed by atoms with E-state index in [1.807, 2.05) is 25.9 Å². The lowest BCUT2D eigenvalue weighted by Crippen LogP contribution is -2.31. The van der Waals surface area contributed by atoms with Gasteiger partial charge in [0.25, 0.3) is 0 Å². The van der Waals surface area contributed by atoms with Crippen LogP contribution in [0.5, 0.6) is 0 Å². The summed E-state index contributed by atoms with van der Waals surface area (Å²) in [5.41, 5.74) is 6.92. The minimum absolute atomic E-state index is 0.216. The number of nitrogens with one attached hydrogen (secondary N) is 1. The Morgan fingerprint density at radius 1 is 1.29 bits per heavy atom. The van der Waals surface area contributed by atoms with Crippen LogP contribution in [-0.2, 0) is 10.0 Å². The van der Waals surface area contributed by atoms with Gasteiger partial charge in [0, 0.05) is 18.8 Å². The highest BCUT2D eigenvalue weighted by Crippen LogP contribution is 2.15. The molecule has 0 aliphatic carbocycles. The number of hydrogen-bond acceptors (Lipinski definition) is 4. The quantitative estimate of drug-likeness (QED) is 0.750. The second-order valence-corrected chi connectivity index (χ2v) is 6.05. The molecule has 3 N–H and O–H groups in total. The van der Waals surface area contributed by atoms with Crippen LogP contribution in [0.4, 0.5) is 5.69 Å². The highest BCUT2D eigenvalue weighted by atomic mass is 32.2. The maximum absolute atomic E-state index is 11.9. The van der Waals surface area contributed by atoms with Crippen LogP contribution in [0.2, 0.25) is 0 Å². The molecule has 1 aromatic carbocycles. The van der Waals surface area contributed by atoms with E-state index in [2.05, 4.69) is 4.72 Å². The Morgan fingerprint density at radius 3 is 2.47 bits per heavy atom. The first-order valence-corrected chi connectivity index (χ1v) is 6.81. The SMILES string of the molecule is Cc1cc(N)cc(S(=O)(=O)NCCN(C)C)c1. The Labute approximate surface area is 103 Å². The van der Waals surface area contributed by atoms with E-state index in [1.54, 1.807) is 12.1 Å². The Hall–Kier alpha value is -1.11. The van der Waals surface area contributed by atoms with Gasteiger partial charge in [-0.25, -0.2) is 13.1 Å². The van der Waals surface area contributed by atoms with Gasteiger partial charge in [0.2, 0.25) is 10.0 Å². The lowest BCUT2D eigenvalue weighted by Gasteiger charge is -2.11. The van der Waals surface area contributed by atoms with Gasteiger partial charge in [0.15, 0.2) is 0 Å². The van der Waals surface area contributed by atoms with Crippen molar-refractivity contribution in [1.82, 2.24) is 9.62 Å². The maximum atomic E-state index is 11.9. The number of anilines is 1. The molecule has 0 atom stereocenters. The molecule has 1 rings (SSSR count). The predicted octanol–water partition coefficient (Wildman–Crippen LogP) is 0.417. The monoisotopic (exact) mass is 257 g/mol. The molecule has 0 aliphatic heterocycles. The topological polar surface area (TPSA) is 75.4 Å². The molecule has 0 saturated carbocycles. The first-order valence-electron chi connectivity index (χ1n) is 5.33. The number of nitrogens with two attached hydrogens (primary N) is 1. The third-order valence-corrected chi connectivity index (χ3v) is 3.68. The predicted molar refractivity (Wildman–Crippen MR) is 69.3 cm³/mol. The Bertz CT molecular complexity index is 463. The van der Waals surface area contributed by atoms with E-state index in [0.717, 1.165) is 5.56 Å². The van der Waals surface area contributed by atoms with Crippen LogP contribution in [0.15, 0.2) is 23.1 Å². The molecule has 0 unspecified atom stereocenters. The van der Waals surface area contributed by atoms with Crippen molar-refractivity contribution in [2.45, 2.75) is 11.8 Å². The zero-order valence-corrected chi connectivity index (χ0v) is 11.2. The van der Waals surface area contributed by atoms with E-state index in [1.165, 1.54) is 6.07 Å². The summed E-state index contributed by atoms with van der Waals surface area (Å²) in [6, 6.07) is 4.80. The summed E-state index contributed by atoms with van der Waals surface area (Å²) in [5, 5.41) is 0. The fourth-order valence-electron chi connectivity index (χ4n) is 1.42. The van der Waals surface area contributed by atoms with Crippen molar-refractivity contribution in [1.29, 1.82) is 0 Å². The lowest BCUT2D eigenvalue weighted by molar-refractivity contribution is 0.412. The van der Waals surface area contributed by atoms with Crippen molar-refractivity contribution in [2.75, 3.05) is 32.9 Å². The summed E-state index contributed by atoms with van der Waals surface area (Å²) in [7, 11) is 0.318. The van der Waals surface area contributed by atoms with Crippen LogP contribution in [0.25, 0.3) is 0 Å². The Balaban J connectivity index is 2.82. The van der Waals surface area contributed by atoms with Gasteiger partial charge in [0.1, 0.15) is 0 Å². The molecule has 5 nitrogen and oxygen atoms in total. The normalized spacial score (nSPS) is 12.0. The number of benzene rings is 1. The van der Waals surface area contributed by atoms with Crippen LogP contribution in [-0.4, -0.2) is 40.5 Å². The molecule has 0 aromatic heterocycles. The molecule has 0 radical (unpaired) electrons. The van der Waals surface area contributed by atoms with Crippen LogP contribution in [0.3, 0.4) is 0 Å². The summed E-state index contributed by atoms with van der Waals surface area (Å²) < 4.78 is 26.4. The van der Waals surface area contributed by atoms with Gasteiger partial charge in [-0.2, -0.15) is 0 Å². The van der Waals surface area contributed by atoms with E-state index in [-0.39, 0.29) is 4.90 Å². The molecular weight excluding hydrogens is 238 g/mol. The zero-order chi connectivity index (χ0) is 13.1. The van der Waals surface area contributed by atoms with Crippen LogP contribution in [0.1, 0.15) is 5.56 Å². The molecular formula is C11H19N3O2S. The zero-order valence-electron chi connectivity index (χ0n) is 10.4. The number of likely N-dealkylation sites (N-methyl/N-ethyl adjacent to an activating group) is 1. The van der Waals surface area contributed by atoms with E-state index >= 15 is 0 Å². The maximum Gasteiger partial charge on any atom is 0.240 e. The van der Waals surface area contributed by atoms with E-state index in [0.29, 0.717) is 18.8 Å². The molecule has 0 bridgehead atoms. The molecule has 0 fully saturated rings. The smallest absolute Gasteiger partial charge is 0.240 e. The third-order valence-electron chi connectivity index (χ3n) is 2.23. The molecule has 0 amide bonds. The number of nitrogens with zero attached hydrogens (tertiary/aromatic N) is 1. The second kappa shape index (κ2) is 5.48. The average molecular weight is 257 g/mol. The molecule has 0 aliphatic rings. The van der Waals surface area contributed by atoms with Crippen molar-refractivity contribution in [3.8, 4) is 0 Å². The van der Waals surface area contributed by atoms with Gasteiger partial charge in [0.05, 0.1) is 4.90 Å². The fraction of sp³-hybridized carbons (Fsp3) is 0.455. The largest absolute Gasteiger partial charge is 0.399 e. The van der Waals surface area contributed by atoms with Gasteiger partial charge in [-0.1, -0.05) is 0 Å². The van der Waals surface area contributed by atoms with Gasteiger partial charge >= 0.3 is 0 Å². The van der Waals surface area contributed by atoms with E-state index < -0.39 is 10.0 Å². The highest BCUT2D eigenvalue weighted by Gasteiger charge is 2.14. The van der Waals surface area contributed by atoms with Gasteiger partial charge < -0.3 is 10.6 Å². The highest BCUT2D eigenvalue weighted by molar-refractivity contribution is 7.89. The second-order valence-electron chi connectivity index (χ2n) is 4.28. The minimum atomic E-state index is -3.46. The Morgan fingerprint density at radius 2 is 1.94 bits per heavy atom. The molecule has 96 valence electrons. The number of aryl methyl sites for hydroxylation is 1. The molecule has 17 heavy (non-hydrogen) atoms. The first kappa shape index (κ1) is 14.0. The molecule has 1 aromatic rings. The van der Waals surface area contributed by atoms with E-state index in [4.69, 9.17) is 5.73 Å². The van der Waals surface area contributed by atoms with Crippen molar-refractivity contribution >= 4 is 15.7 Å². The third kappa shape index (κ3) is 4.33. The van der Waals surface area contributed by atoms with Gasteiger partial charge in [-0.3, -0.25) is 0 Å². The van der Waals surface area contributed by atoms with Crippen LogP contribution in [0, 0.1) is 6.92 Å². The summed E-state index contributed by atoms with van der Waals surface area (Å²) >= 11 is 0. The summed E-state index contributed by atoms with van der Waals surface area (Å²) in [5.74, 6) is 0. The molecule has 0 spiro atoms. The molecule has 6 heteroatoms. The van der Waals surface area contributed by atoms with Crippen molar-refractivity contribution in [3.63, 3.8) is 0 Å². The lowest BCUT2D eigenvalue weighted by atomic mass is 10.2. The molecule has 0 saturated heterocycles. The van der Waals surface area contributed by atoms with E-state index in [9.17, 15) is 8.42 Å². The number of hydrogen-bond donors (Lipinski definition) is 2. The minimum Gasteiger partial charge on any atom is -0.399 e. The molecule has 0 heterocycles. The van der Waals surface area contributed by atoms with Crippen LogP contribution >= 0.6 is 0 Å². The summed E-state index contributed by atoms with van der Waals surface area (Å²) in [4.78, 5) is 2.13. The van der Waals surface area contributed by atoms with Gasteiger partial charge in [-0.05, 0) is 44.8 Å². The average Bonchev–Trinajstić information content (AvgIpc) is 2.14. The summed E-state index contributed by atoms with van der Waals surface area (Å²) in [6.45, 7) is 2.85.